The van der Waals surface area contributed by atoms with E-state index in [4.69, 9.17) is 10.5 Å². The average molecular weight is 129 g/mol. The molecule has 0 aliphatic heterocycles. The minimum Gasteiger partial charge on any atom is -0.473 e. The van der Waals surface area contributed by atoms with Crippen molar-refractivity contribution < 1.29 is 9.37 Å². The van der Waals surface area contributed by atoms with Crippen LogP contribution in [0.1, 0.15) is 6.92 Å². The molecule has 0 saturated carbocycles. The van der Waals surface area contributed by atoms with Crippen molar-refractivity contribution in [1.29, 1.82) is 0 Å². The van der Waals surface area contributed by atoms with Crippen molar-refractivity contribution in [3.05, 3.63) is 0 Å². The van der Waals surface area contributed by atoms with Crippen LogP contribution in [0.2, 0.25) is 0 Å². The number of nitrogen functional groups attached to an aromatic ring is 1. The molecule has 0 spiro atoms. The number of nitrogens with two attached hydrogens (primary N) is 1. The number of rotatable bonds is 2. The molecule has 0 radical (unpaired) electrons. The van der Waals surface area contributed by atoms with Crippen LogP contribution in [-0.4, -0.2) is 16.9 Å². The first-order valence-corrected chi connectivity index (χ1v) is 2.55. The molecule has 5 nitrogen and oxygen atoms in total. The molecule has 0 aliphatic rings. The first kappa shape index (κ1) is 5.87. The van der Waals surface area contributed by atoms with Crippen LogP contribution in [0.15, 0.2) is 4.63 Å². The fraction of sp³-hybridized carbons (Fsp3) is 0.500. The Balaban J connectivity index is 2.69. The predicted molar refractivity (Wildman–Crippen MR) is 29.9 cm³/mol. The van der Waals surface area contributed by atoms with E-state index in [2.05, 4.69) is 14.9 Å². The number of ether oxygens (including phenoxy) is 1. The Morgan fingerprint density at radius 3 is 2.89 bits per heavy atom. The van der Waals surface area contributed by atoms with E-state index in [0.29, 0.717) is 6.61 Å². The summed E-state index contributed by atoms with van der Waals surface area (Å²) in [4.78, 5) is 0. The second-order valence-corrected chi connectivity index (χ2v) is 1.39. The number of aromatic nitrogens is 2. The van der Waals surface area contributed by atoms with E-state index < -0.39 is 0 Å². The molecule has 0 fully saturated rings. The molecule has 1 aromatic rings. The molecular weight excluding hydrogens is 122 g/mol. The van der Waals surface area contributed by atoms with Gasteiger partial charge in [0, 0.05) is 0 Å². The Labute approximate surface area is 51.8 Å². The summed E-state index contributed by atoms with van der Waals surface area (Å²) in [6, 6.07) is 0. The highest BCUT2D eigenvalue weighted by atomic mass is 16.6. The van der Waals surface area contributed by atoms with E-state index in [-0.39, 0.29) is 11.7 Å². The summed E-state index contributed by atoms with van der Waals surface area (Å²) < 4.78 is 9.13. The number of hydrogen-bond acceptors (Lipinski definition) is 5. The SMILES string of the molecule is CCOc1nonc1N. The lowest BCUT2D eigenvalue weighted by molar-refractivity contribution is 0.264. The van der Waals surface area contributed by atoms with Gasteiger partial charge in [0.2, 0.25) is 5.82 Å². The smallest absolute Gasteiger partial charge is 0.300 e. The Morgan fingerprint density at radius 1 is 1.67 bits per heavy atom. The van der Waals surface area contributed by atoms with E-state index in [9.17, 15) is 0 Å². The quantitative estimate of drug-likeness (QED) is 0.610. The highest BCUT2D eigenvalue weighted by Gasteiger charge is 2.03. The molecule has 9 heavy (non-hydrogen) atoms. The maximum absolute atomic E-state index is 5.23. The fourth-order valence-electron chi connectivity index (χ4n) is 0.424. The zero-order valence-corrected chi connectivity index (χ0v) is 5.00. The molecule has 0 atom stereocenters. The standard InChI is InChI=1S/C4H7N3O2/c1-2-8-4-3(5)6-9-7-4/h2H2,1H3,(H2,5,6). The van der Waals surface area contributed by atoms with E-state index in [1.807, 2.05) is 6.92 Å². The zero-order chi connectivity index (χ0) is 6.69. The Hall–Kier alpha value is -1.26. The van der Waals surface area contributed by atoms with Gasteiger partial charge in [0.1, 0.15) is 0 Å². The van der Waals surface area contributed by atoms with Gasteiger partial charge in [-0.25, -0.2) is 4.63 Å². The van der Waals surface area contributed by atoms with Crippen LogP contribution in [0, 0.1) is 0 Å². The highest BCUT2D eigenvalue weighted by Crippen LogP contribution is 2.12. The molecule has 1 heterocycles. The van der Waals surface area contributed by atoms with Crippen molar-refractivity contribution in [2.75, 3.05) is 12.3 Å². The molecular formula is C4H7N3O2. The van der Waals surface area contributed by atoms with Crippen LogP contribution in [0.25, 0.3) is 0 Å². The lowest BCUT2D eigenvalue weighted by Crippen LogP contribution is -1.95. The largest absolute Gasteiger partial charge is 0.473 e. The second kappa shape index (κ2) is 2.34. The molecule has 2 N–H and O–H groups in total. The molecule has 0 amide bonds. The van der Waals surface area contributed by atoms with Gasteiger partial charge in [-0.15, -0.1) is 0 Å². The van der Waals surface area contributed by atoms with Gasteiger partial charge in [0.25, 0.3) is 5.88 Å². The second-order valence-electron chi connectivity index (χ2n) is 1.39. The van der Waals surface area contributed by atoms with Gasteiger partial charge < -0.3 is 10.5 Å². The van der Waals surface area contributed by atoms with Gasteiger partial charge in [0.05, 0.1) is 6.61 Å². The lowest BCUT2D eigenvalue weighted by atomic mass is 10.7. The monoisotopic (exact) mass is 129 g/mol. The topological polar surface area (TPSA) is 74.2 Å². The third-order valence-corrected chi connectivity index (χ3v) is 0.763. The lowest BCUT2D eigenvalue weighted by Gasteiger charge is -1.92. The number of hydrogen-bond donors (Lipinski definition) is 1. The van der Waals surface area contributed by atoms with Gasteiger partial charge in [-0.1, -0.05) is 0 Å². The Morgan fingerprint density at radius 2 is 2.44 bits per heavy atom. The zero-order valence-electron chi connectivity index (χ0n) is 5.00. The summed E-state index contributed by atoms with van der Waals surface area (Å²) in [6.45, 7) is 2.34. The summed E-state index contributed by atoms with van der Waals surface area (Å²) in [5.41, 5.74) is 5.23. The minimum absolute atomic E-state index is 0.192. The fourth-order valence-corrected chi connectivity index (χ4v) is 0.424. The van der Waals surface area contributed by atoms with Crippen molar-refractivity contribution in [3.8, 4) is 5.88 Å². The van der Waals surface area contributed by atoms with Gasteiger partial charge in [0.15, 0.2) is 0 Å². The van der Waals surface area contributed by atoms with E-state index >= 15 is 0 Å². The predicted octanol–water partition coefficient (Wildman–Crippen LogP) is 0.0505. The first-order valence-electron chi connectivity index (χ1n) is 2.55. The molecule has 0 bridgehead atoms. The van der Waals surface area contributed by atoms with Crippen molar-refractivity contribution in [2.24, 2.45) is 0 Å². The molecule has 0 unspecified atom stereocenters. The Bertz CT molecular complexity index is 186. The molecule has 0 aliphatic carbocycles. The summed E-state index contributed by atoms with van der Waals surface area (Å²) in [6.07, 6.45) is 0. The third-order valence-electron chi connectivity index (χ3n) is 0.763. The molecule has 0 aromatic carbocycles. The summed E-state index contributed by atoms with van der Waals surface area (Å²) in [5.74, 6) is 0.453. The van der Waals surface area contributed by atoms with E-state index in [1.165, 1.54) is 0 Å². The molecule has 1 rings (SSSR count). The van der Waals surface area contributed by atoms with E-state index in [1.54, 1.807) is 0 Å². The number of anilines is 1. The minimum atomic E-state index is 0.192. The van der Waals surface area contributed by atoms with Crippen LogP contribution in [0.5, 0.6) is 5.88 Å². The van der Waals surface area contributed by atoms with Crippen molar-refractivity contribution in [2.45, 2.75) is 6.92 Å². The maximum Gasteiger partial charge on any atom is 0.300 e. The maximum atomic E-state index is 5.23. The summed E-state index contributed by atoms with van der Waals surface area (Å²) in [5, 5.41) is 6.67. The molecule has 5 heteroatoms. The average Bonchev–Trinajstić information content (AvgIpc) is 2.18. The van der Waals surface area contributed by atoms with Crippen molar-refractivity contribution in [1.82, 2.24) is 10.3 Å². The van der Waals surface area contributed by atoms with E-state index in [0.717, 1.165) is 0 Å². The van der Waals surface area contributed by atoms with Crippen LogP contribution in [0.3, 0.4) is 0 Å². The van der Waals surface area contributed by atoms with Gasteiger partial charge >= 0.3 is 0 Å². The first-order chi connectivity index (χ1) is 4.34. The summed E-state index contributed by atoms with van der Waals surface area (Å²) >= 11 is 0. The van der Waals surface area contributed by atoms with Gasteiger partial charge in [-0.05, 0) is 17.2 Å². The van der Waals surface area contributed by atoms with Gasteiger partial charge in [-0.3, -0.25) is 0 Å². The third kappa shape index (κ3) is 1.10. The number of nitrogens with zero attached hydrogens (tertiary/aromatic N) is 2. The van der Waals surface area contributed by atoms with Crippen LogP contribution in [0.4, 0.5) is 5.82 Å². The molecule has 50 valence electrons. The Kier molecular flexibility index (Phi) is 1.53. The molecule has 0 saturated heterocycles. The van der Waals surface area contributed by atoms with Gasteiger partial charge in [-0.2, -0.15) is 0 Å². The summed E-state index contributed by atoms with van der Waals surface area (Å²) in [7, 11) is 0. The van der Waals surface area contributed by atoms with Crippen LogP contribution < -0.4 is 10.5 Å². The van der Waals surface area contributed by atoms with Crippen molar-refractivity contribution >= 4 is 5.82 Å². The normalized spacial score (nSPS) is 9.44. The van der Waals surface area contributed by atoms with Crippen molar-refractivity contribution in [3.63, 3.8) is 0 Å². The van der Waals surface area contributed by atoms with Crippen LogP contribution in [-0.2, 0) is 0 Å². The molecule has 1 aromatic heterocycles. The van der Waals surface area contributed by atoms with Crippen LogP contribution >= 0.6 is 0 Å². The highest BCUT2D eigenvalue weighted by molar-refractivity contribution is 5.36.